The molecule has 0 saturated carbocycles. The van der Waals surface area contributed by atoms with E-state index in [1.165, 1.54) is 16.9 Å². The first kappa shape index (κ1) is 17.2. The first-order chi connectivity index (χ1) is 14.0. The Morgan fingerprint density at radius 3 is 2.38 bits per heavy atom. The molecule has 29 heavy (non-hydrogen) atoms. The van der Waals surface area contributed by atoms with Crippen molar-refractivity contribution in [3.8, 4) is 5.69 Å². The number of rotatable bonds is 2. The van der Waals surface area contributed by atoms with Crippen molar-refractivity contribution in [2.45, 2.75) is 13.8 Å². The quantitative estimate of drug-likeness (QED) is 0.489. The molecular formula is C22H15FN4O2. The van der Waals surface area contributed by atoms with Crippen LogP contribution in [0.1, 0.15) is 32.0 Å². The number of para-hydroxylation sites is 1. The molecule has 0 saturated heterocycles. The Morgan fingerprint density at radius 1 is 0.931 bits per heavy atom. The first-order valence-corrected chi connectivity index (χ1v) is 9.06. The zero-order valence-corrected chi connectivity index (χ0v) is 15.7. The molecule has 5 rings (SSSR count). The van der Waals surface area contributed by atoms with E-state index in [0.717, 1.165) is 10.5 Å². The lowest BCUT2D eigenvalue weighted by atomic mass is 10.1. The summed E-state index contributed by atoms with van der Waals surface area (Å²) in [6, 6.07) is 13.4. The molecule has 3 heterocycles. The Balaban J connectivity index is 1.73. The van der Waals surface area contributed by atoms with Crippen LogP contribution in [0.25, 0.3) is 16.7 Å². The first-order valence-electron chi connectivity index (χ1n) is 9.06. The molecule has 0 radical (unpaired) electrons. The predicted molar refractivity (Wildman–Crippen MR) is 106 cm³/mol. The molecule has 6 nitrogen and oxygen atoms in total. The molecule has 142 valence electrons. The van der Waals surface area contributed by atoms with Gasteiger partial charge < -0.3 is 0 Å². The second-order valence-electron chi connectivity index (χ2n) is 6.98. The fraction of sp³-hybridized carbons (Fsp3) is 0.0909. The average molecular weight is 386 g/mol. The van der Waals surface area contributed by atoms with Gasteiger partial charge in [0.2, 0.25) is 0 Å². The molecule has 7 heteroatoms. The van der Waals surface area contributed by atoms with E-state index in [9.17, 15) is 14.0 Å². The Bertz CT molecular complexity index is 1320. The highest BCUT2D eigenvalue weighted by molar-refractivity contribution is 6.37. The summed E-state index contributed by atoms with van der Waals surface area (Å²) >= 11 is 0. The number of carbonyl (C=O) groups is 2. The van der Waals surface area contributed by atoms with Crippen LogP contribution in [-0.2, 0) is 0 Å². The van der Waals surface area contributed by atoms with Crippen molar-refractivity contribution in [2.24, 2.45) is 0 Å². The van der Waals surface area contributed by atoms with E-state index < -0.39 is 17.6 Å². The Kier molecular flexibility index (Phi) is 3.61. The number of benzene rings is 2. The zero-order chi connectivity index (χ0) is 20.3. The number of hydrogen-bond acceptors (Lipinski definition) is 4. The second-order valence-corrected chi connectivity index (χ2v) is 6.98. The number of imide groups is 1. The molecule has 0 N–H and O–H groups in total. The van der Waals surface area contributed by atoms with E-state index in [4.69, 9.17) is 0 Å². The van der Waals surface area contributed by atoms with Crippen molar-refractivity contribution in [3.63, 3.8) is 0 Å². The van der Waals surface area contributed by atoms with E-state index in [-0.39, 0.29) is 16.8 Å². The Hall–Kier alpha value is -3.87. The zero-order valence-electron chi connectivity index (χ0n) is 15.7. The lowest BCUT2D eigenvalue weighted by Crippen LogP contribution is -2.29. The molecule has 0 fully saturated rings. The number of carbonyl (C=O) groups excluding carboxylic acids is 2. The van der Waals surface area contributed by atoms with Crippen LogP contribution in [0.5, 0.6) is 0 Å². The number of anilines is 1. The molecule has 2 aromatic heterocycles. The molecule has 0 atom stereocenters. The standard InChI is InChI=1S/C22H15FN4O2/c1-12-7-9-14(10-8-12)26-21(28)15-11-24-20-18(19(15)22(26)29)13(2)25-27(20)17-6-4-3-5-16(17)23/h3-11H,1-2H3. The van der Waals surface area contributed by atoms with Crippen molar-refractivity contribution in [1.82, 2.24) is 14.8 Å². The van der Waals surface area contributed by atoms with Gasteiger partial charge in [-0.15, -0.1) is 0 Å². The summed E-state index contributed by atoms with van der Waals surface area (Å²) in [5.41, 5.74) is 3.05. The van der Waals surface area contributed by atoms with E-state index in [0.29, 0.717) is 22.4 Å². The third-order valence-electron chi connectivity index (χ3n) is 5.09. The summed E-state index contributed by atoms with van der Waals surface area (Å²) in [4.78, 5) is 31.7. The normalized spacial score (nSPS) is 13.4. The molecule has 2 aromatic carbocycles. The van der Waals surface area contributed by atoms with Crippen LogP contribution >= 0.6 is 0 Å². The molecule has 4 aromatic rings. The molecule has 1 aliphatic heterocycles. The fourth-order valence-electron chi connectivity index (χ4n) is 3.68. The SMILES string of the molecule is Cc1ccc(N2C(=O)c3cnc4c(c(C)nn4-c4ccccc4F)c3C2=O)cc1. The van der Waals surface area contributed by atoms with Gasteiger partial charge in [-0.25, -0.2) is 19.0 Å². The number of pyridine rings is 1. The summed E-state index contributed by atoms with van der Waals surface area (Å²) in [6.07, 6.45) is 1.37. The predicted octanol–water partition coefficient (Wildman–Crippen LogP) is 3.98. The van der Waals surface area contributed by atoms with Crippen LogP contribution in [-0.4, -0.2) is 26.6 Å². The highest BCUT2D eigenvalue weighted by Crippen LogP contribution is 2.34. The highest BCUT2D eigenvalue weighted by Gasteiger charge is 2.40. The lowest BCUT2D eigenvalue weighted by Gasteiger charge is -2.13. The number of hydrogen-bond donors (Lipinski definition) is 0. The van der Waals surface area contributed by atoms with Crippen LogP contribution < -0.4 is 4.90 Å². The third-order valence-corrected chi connectivity index (χ3v) is 5.09. The van der Waals surface area contributed by atoms with Gasteiger partial charge in [-0.3, -0.25) is 9.59 Å². The van der Waals surface area contributed by atoms with Crippen LogP contribution in [0.3, 0.4) is 0 Å². The second kappa shape index (κ2) is 6.07. The maximum Gasteiger partial charge on any atom is 0.267 e. The highest BCUT2D eigenvalue weighted by atomic mass is 19.1. The number of fused-ring (bicyclic) bond motifs is 3. The third kappa shape index (κ3) is 2.40. The van der Waals surface area contributed by atoms with Gasteiger partial charge in [-0.05, 0) is 38.1 Å². The monoisotopic (exact) mass is 386 g/mol. The topological polar surface area (TPSA) is 68.1 Å². The van der Waals surface area contributed by atoms with Crippen molar-refractivity contribution >= 4 is 28.5 Å². The summed E-state index contributed by atoms with van der Waals surface area (Å²) in [7, 11) is 0. The molecule has 1 aliphatic rings. The molecule has 0 bridgehead atoms. The maximum absolute atomic E-state index is 14.3. The number of nitrogens with zero attached hydrogens (tertiary/aromatic N) is 4. The van der Waals surface area contributed by atoms with Crippen molar-refractivity contribution in [1.29, 1.82) is 0 Å². The average Bonchev–Trinajstić information content (AvgIpc) is 3.17. The van der Waals surface area contributed by atoms with E-state index >= 15 is 0 Å². The minimum atomic E-state index is -0.456. The van der Waals surface area contributed by atoms with Gasteiger partial charge in [-0.2, -0.15) is 5.10 Å². The van der Waals surface area contributed by atoms with Crippen LogP contribution in [0.2, 0.25) is 0 Å². The largest absolute Gasteiger partial charge is 0.268 e. The van der Waals surface area contributed by atoms with Crippen LogP contribution in [0, 0.1) is 19.7 Å². The fourth-order valence-corrected chi connectivity index (χ4v) is 3.68. The minimum absolute atomic E-state index is 0.222. The maximum atomic E-state index is 14.3. The van der Waals surface area contributed by atoms with Gasteiger partial charge >= 0.3 is 0 Å². The number of aryl methyl sites for hydroxylation is 2. The minimum Gasteiger partial charge on any atom is -0.268 e. The number of aromatic nitrogens is 3. The smallest absolute Gasteiger partial charge is 0.267 e. The summed E-state index contributed by atoms with van der Waals surface area (Å²) in [6.45, 7) is 3.65. The van der Waals surface area contributed by atoms with Gasteiger partial charge in [0, 0.05) is 6.20 Å². The van der Waals surface area contributed by atoms with Gasteiger partial charge in [-0.1, -0.05) is 29.8 Å². The van der Waals surface area contributed by atoms with E-state index in [1.807, 2.05) is 19.1 Å². The summed E-state index contributed by atoms with van der Waals surface area (Å²) in [5.74, 6) is -1.32. The molecule has 0 spiro atoms. The lowest BCUT2D eigenvalue weighted by molar-refractivity contribution is 0.0926. The van der Waals surface area contributed by atoms with E-state index in [2.05, 4.69) is 10.1 Å². The molecule has 0 unspecified atom stereocenters. The van der Waals surface area contributed by atoms with Gasteiger partial charge in [0.15, 0.2) is 5.65 Å². The van der Waals surface area contributed by atoms with Gasteiger partial charge in [0.25, 0.3) is 11.8 Å². The van der Waals surface area contributed by atoms with Crippen molar-refractivity contribution in [2.75, 3.05) is 4.90 Å². The molecule has 2 amide bonds. The van der Waals surface area contributed by atoms with Crippen molar-refractivity contribution in [3.05, 3.63) is 82.9 Å². The summed E-state index contributed by atoms with van der Waals surface area (Å²) in [5, 5.41) is 4.86. The number of amides is 2. The Morgan fingerprint density at radius 2 is 1.66 bits per heavy atom. The van der Waals surface area contributed by atoms with Crippen molar-refractivity contribution < 1.29 is 14.0 Å². The Labute approximate surface area is 165 Å². The van der Waals surface area contributed by atoms with Gasteiger partial charge in [0.1, 0.15) is 11.5 Å². The van der Waals surface area contributed by atoms with Gasteiger partial charge in [0.05, 0.1) is 27.9 Å². The summed E-state index contributed by atoms with van der Waals surface area (Å²) < 4.78 is 15.7. The number of halogens is 1. The van der Waals surface area contributed by atoms with E-state index in [1.54, 1.807) is 37.3 Å². The molecular weight excluding hydrogens is 371 g/mol. The van der Waals surface area contributed by atoms with Crippen LogP contribution in [0.4, 0.5) is 10.1 Å². The molecule has 0 aliphatic carbocycles. The van der Waals surface area contributed by atoms with Crippen LogP contribution in [0.15, 0.2) is 54.7 Å².